The third-order valence-electron chi connectivity index (χ3n) is 5.54. The lowest BCUT2D eigenvalue weighted by Crippen LogP contribution is -2.20. The number of amides is 1. The molecule has 1 N–H and O–H groups in total. The summed E-state index contributed by atoms with van der Waals surface area (Å²) < 4.78 is 11.7. The average molecular weight is 447 g/mol. The van der Waals surface area contributed by atoms with Crippen LogP contribution in [0.5, 0.6) is 5.75 Å². The predicted molar refractivity (Wildman–Crippen MR) is 125 cm³/mol. The molecule has 32 heavy (non-hydrogen) atoms. The number of aryl methyl sites for hydroxylation is 2. The third kappa shape index (κ3) is 4.03. The normalized spacial score (nSPS) is 13.0. The molecule has 5 rings (SSSR count). The van der Waals surface area contributed by atoms with Crippen molar-refractivity contribution in [1.82, 2.24) is 4.98 Å². The van der Waals surface area contributed by atoms with Crippen LogP contribution < -0.4 is 10.1 Å². The highest BCUT2D eigenvalue weighted by molar-refractivity contribution is 7.18. The van der Waals surface area contributed by atoms with Crippen molar-refractivity contribution in [2.75, 3.05) is 11.9 Å². The zero-order chi connectivity index (χ0) is 22.1. The molecule has 2 heterocycles. The molecule has 1 aliphatic carbocycles. The molecule has 1 amide bonds. The fourth-order valence-corrected chi connectivity index (χ4v) is 4.94. The Morgan fingerprint density at radius 2 is 1.94 bits per heavy atom. The number of fused-ring (bicyclic) bond motifs is 3. The van der Waals surface area contributed by atoms with Crippen molar-refractivity contribution in [3.05, 3.63) is 64.7 Å². The fraction of sp³-hybridized carbons (Fsp3) is 0.240. The number of aromatic nitrogens is 1. The smallest absolute Gasteiger partial charge is 0.264 e. The van der Waals surface area contributed by atoms with Gasteiger partial charge in [-0.25, -0.2) is 4.98 Å². The first-order chi connectivity index (χ1) is 15.6. The topological polar surface area (TPSA) is 81.4 Å². The molecule has 0 fully saturated rings. The number of anilines is 1. The molecule has 2 aromatic carbocycles. The van der Waals surface area contributed by atoms with Crippen molar-refractivity contribution < 1.29 is 18.7 Å². The summed E-state index contributed by atoms with van der Waals surface area (Å²) >= 11 is 1.17. The first kappa shape index (κ1) is 20.5. The van der Waals surface area contributed by atoms with Crippen LogP contribution in [-0.2, 0) is 17.6 Å². The van der Waals surface area contributed by atoms with Crippen LogP contribution in [0.2, 0.25) is 0 Å². The number of carbonyl (C=O) groups excluding carboxylic acids is 2. The number of Topliss-reactive ketones (excluding diaryl/α,β-unsaturated/α-hetero) is 1. The summed E-state index contributed by atoms with van der Waals surface area (Å²) in [5, 5.41) is 4.20. The van der Waals surface area contributed by atoms with Gasteiger partial charge in [-0.2, -0.15) is 0 Å². The van der Waals surface area contributed by atoms with E-state index in [1.165, 1.54) is 23.8 Å². The van der Waals surface area contributed by atoms with E-state index in [0.717, 1.165) is 48.0 Å². The predicted octanol–water partition coefficient (Wildman–Crippen LogP) is 5.66. The molecule has 162 valence electrons. The van der Waals surface area contributed by atoms with E-state index in [2.05, 4.69) is 10.3 Å². The van der Waals surface area contributed by atoms with E-state index in [0.29, 0.717) is 21.5 Å². The first-order valence-electron chi connectivity index (χ1n) is 10.6. The molecule has 0 radical (unpaired) electrons. The third-order valence-corrected chi connectivity index (χ3v) is 6.61. The molecule has 0 spiro atoms. The monoisotopic (exact) mass is 446 g/mol. The second kappa shape index (κ2) is 8.59. The van der Waals surface area contributed by atoms with Crippen LogP contribution in [0.4, 0.5) is 5.13 Å². The highest BCUT2D eigenvalue weighted by Gasteiger charge is 2.19. The van der Waals surface area contributed by atoms with Crippen LogP contribution in [-0.4, -0.2) is 23.3 Å². The van der Waals surface area contributed by atoms with Gasteiger partial charge in [0.2, 0.25) is 0 Å². The molecule has 0 saturated carbocycles. The van der Waals surface area contributed by atoms with Gasteiger partial charge in [-0.1, -0.05) is 41.7 Å². The Morgan fingerprint density at radius 1 is 1.12 bits per heavy atom. The van der Waals surface area contributed by atoms with Crippen LogP contribution in [0.25, 0.3) is 22.2 Å². The summed E-state index contributed by atoms with van der Waals surface area (Å²) in [6.45, 7) is 1.35. The van der Waals surface area contributed by atoms with E-state index < -0.39 is 0 Å². The molecule has 7 heteroatoms. The summed E-state index contributed by atoms with van der Waals surface area (Å²) in [6.07, 6.45) is 4.31. The lowest BCUT2D eigenvalue weighted by Gasteiger charge is -2.09. The lowest BCUT2D eigenvalue weighted by atomic mass is 9.96. The Balaban J connectivity index is 1.29. The SMILES string of the molecule is CC(=O)c1sc(NC(=O)COc2ccc3oc4c(c3c2)CCCC4)nc1-c1ccccc1. The Kier molecular flexibility index (Phi) is 5.49. The van der Waals surface area contributed by atoms with Crippen LogP contribution in [0.1, 0.15) is 40.8 Å². The average Bonchev–Trinajstić information content (AvgIpc) is 3.40. The van der Waals surface area contributed by atoms with Crippen LogP contribution >= 0.6 is 11.3 Å². The molecule has 1 aliphatic rings. The number of benzene rings is 2. The van der Waals surface area contributed by atoms with Gasteiger partial charge in [0.25, 0.3) is 5.91 Å². The van der Waals surface area contributed by atoms with Gasteiger partial charge < -0.3 is 9.15 Å². The highest BCUT2D eigenvalue weighted by Crippen LogP contribution is 2.34. The second-order valence-electron chi connectivity index (χ2n) is 7.82. The standard InChI is InChI=1S/C25H22N2O4S/c1-15(28)24-23(16-7-3-2-4-8-16)27-25(32-24)26-22(29)14-30-17-11-12-21-19(13-17)18-9-5-6-10-20(18)31-21/h2-4,7-8,11-13H,5-6,9-10,14H2,1H3,(H,26,27,29). The quantitative estimate of drug-likeness (QED) is 0.387. The van der Waals surface area contributed by atoms with Gasteiger partial charge in [-0.15, -0.1) is 0 Å². The zero-order valence-corrected chi connectivity index (χ0v) is 18.5. The van der Waals surface area contributed by atoms with Crippen molar-refractivity contribution >= 4 is 39.1 Å². The maximum Gasteiger partial charge on any atom is 0.264 e. The molecular formula is C25H22N2O4S. The summed E-state index contributed by atoms with van der Waals surface area (Å²) in [7, 11) is 0. The van der Waals surface area contributed by atoms with Crippen LogP contribution in [0.3, 0.4) is 0 Å². The van der Waals surface area contributed by atoms with E-state index in [1.807, 2.05) is 48.5 Å². The van der Waals surface area contributed by atoms with Gasteiger partial charge >= 0.3 is 0 Å². The van der Waals surface area contributed by atoms with Crippen molar-refractivity contribution in [2.24, 2.45) is 0 Å². The van der Waals surface area contributed by atoms with Gasteiger partial charge in [-0.05, 0) is 37.5 Å². The van der Waals surface area contributed by atoms with E-state index >= 15 is 0 Å². The van der Waals surface area contributed by atoms with Crippen molar-refractivity contribution in [3.8, 4) is 17.0 Å². The minimum absolute atomic E-state index is 0.0881. The van der Waals surface area contributed by atoms with E-state index in [1.54, 1.807) is 0 Å². The Labute approximate surface area is 189 Å². The number of ether oxygens (including phenoxy) is 1. The molecule has 0 aliphatic heterocycles. The van der Waals surface area contributed by atoms with Gasteiger partial charge in [0.05, 0.1) is 10.6 Å². The Bertz CT molecular complexity index is 1310. The second-order valence-corrected chi connectivity index (χ2v) is 8.82. The summed E-state index contributed by atoms with van der Waals surface area (Å²) in [5.74, 6) is 1.27. The number of ketones is 1. The van der Waals surface area contributed by atoms with E-state index in [9.17, 15) is 9.59 Å². The van der Waals surface area contributed by atoms with Gasteiger partial charge in [0.1, 0.15) is 17.1 Å². The molecule has 0 unspecified atom stereocenters. The van der Waals surface area contributed by atoms with Gasteiger partial charge in [-0.3, -0.25) is 14.9 Å². The van der Waals surface area contributed by atoms with E-state index in [4.69, 9.17) is 9.15 Å². The first-order valence-corrected chi connectivity index (χ1v) is 11.4. The molecule has 4 aromatic rings. The number of rotatable bonds is 6. The molecule has 0 atom stereocenters. The number of thiazole rings is 1. The highest BCUT2D eigenvalue weighted by atomic mass is 32.1. The van der Waals surface area contributed by atoms with Crippen molar-refractivity contribution in [2.45, 2.75) is 32.6 Å². The molecule has 2 aromatic heterocycles. The van der Waals surface area contributed by atoms with Crippen molar-refractivity contribution in [1.29, 1.82) is 0 Å². The molecule has 0 saturated heterocycles. The number of nitrogens with zero attached hydrogens (tertiary/aromatic N) is 1. The minimum atomic E-state index is -0.331. The fourth-order valence-electron chi connectivity index (χ4n) is 4.04. The minimum Gasteiger partial charge on any atom is -0.484 e. The Hall–Kier alpha value is -3.45. The lowest BCUT2D eigenvalue weighted by molar-refractivity contribution is -0.118. The zero-order valence-electron chi connectivity index (χ0n) is 17.6. The summed E-state index contributed by atoms with van der Waals surface area (Å²) in [5.41, 5.74) is 3.53. The number of furan rings is 1. The maximum atomic E-state index is 12.5. The summed E-state index contributed by atoms with van der Waals surface area (Å²) in [4.78, 5) is 29.5. The molecular weight excluding hydrogens is 424 g/mol. The maximum absolute atomic E-state index is 12.5. The number of hydrogen-bond acceptors (Lipinski definition) is 6. The molecule has 0 bridgehead atoms. The van der Waals surface area contributed by atoms with Crippen molar-refractivity contribution in [3.63, 3.8) is 0 Å². The van der Waals surface area contributed by atoms with Gasteiger partial charge in [0.15, 0.2) is 17.5 Å². The number of nitrogens with one attached hydrogen (secondary N) is 1. The number of hydrogen-bond donors (Lipinski definition) is 1. The summed E-state index contributed by atoms with van der Waals surface area (Å²) in [6, 6.07) is 15.1. The molecule has 6 nitrogen and oxygen atoms in total. The van der Waals surface area contributed by atoms with E-state index in [-0.39, 0.29) is 18.3 Å². The van der Waals surface area contributed by atoms with Crippen LogP contribution in [0, 0.1) is 0 Å². The van der Waals surface area contributed by atoms with Gasteiger partial charge in [0, 0.05) is 29.9 Å². The Morgan fingerprint density at radius 3 is 2.75 bits per heavy atom. The number of carbonyl (C=O) groups is 2. The van der Waals surface area contributed by atoms with Crippen LogP contribution in [0.15, 0.2) is 52.9 Å². The largest absolute Gasteiger partial charge is 0.484 e.